The van der Waals surface area contributed by atoms with E-state index in [1.54, 1.807) is 0 Å². The molecule has 0 spiro atoms. The number of nitrogens with two attached hydrogens (primary N) is 1. The van der Waals surface area contributed by atoms with Crippen molar-refractivity contribution in [2.75, 3.05) is 6.54 Å². The maximum absolute atomic E-state index is 12.9. The smallest absolute Gasteiger partial charge is 0.325 e. The topological polar surface area (TPSA) is 208 Å². The second-order valence-corrected chi connectivity index (χ2v) is 7.64. The summed E-state index contributed by atoms with van der Waals surface area (Å²) in [5, 5.41) is 22.7. The summed E-state index contributed by atoms with van der Waals surface area (Å²) in [6.45, 7) is 1.58. The minimum Gasteiger partial charge on any atom is -0.481 e. The Balaban J connectivity index is 2.09. The molecule has 176 valence electrons. The lowest BCUT2D eigenvalue weighted by molar-refractivity contribution is -0.143. The van der Waals surface area contributed by atoms with Crippen LogP contribution in [0.25, 0.3) is 0 Å². The van der Waals surface area contributed by atoms with Crippen LogP contribution in [0.15, 0.2) is 12.5 Å². The Labute approximate surface area is 183 Å². The van der Waals surface area contributed by atoms with Gasteiger partial charge in [-0.25, -0.2) is 4.98 Å². The number of rotatable bonds is 11. The number of hydrogen-bond acceptors (Lipinski definition) is 7. The minimum atomic E-state index is -1.23. The number of carboxylic acid groups (broad SMARTS) is 2. The maximum Gasteiger partial charge on any atom is 0.325 e. The largest absolute Gasteiger partial charge is 0.481 e. The normalized spacial score (nSPS) is 18.4. The minimum absolute atomic E-state index is 0.0305. The molecule has 1 aromatic rings. The van der Waals surface area contributed by atoms with Crippen LogP contribution in [0.4, 0.5) is 0 Å². The van der Waals surface area contributed by atoms with Crippen molar-refractivity contribution in [3.63, 3.8) is 0 Å². The monoisotopic (exact) mass is 452 g/mol. The van der Waals surface area contributed by atoms with Crippen LogP contribution in [-0.4, -0.2) is 85.5 Å². The van der Waals surface area contributed by atoms with Crippen molar-refractivity contribution in [3.05, 3.63) is 18.2 Å². The molecule has 1 aromatic heterocycles. The first-order valence-corrected chi connectivity index (χ1v) is 10.2. The second kappa shape index (κ2) is 11.2. The molecule has 0 aromatic carbocycles. The fourth-order valence-electron chi connectivity index (χ4n) is 3.39. The first-order chi connectivity index (χ1) is 15.1. The molecule has 0 bridgehead atoms. The predicted octanol–water partition coefficient (Wildman–Crippen LogP) is -1.79. The Hall–Kier alpha value is -3.48. The molecule has 13 nitrogen and oxygen atoms in total. The van der Waals surface area contributed by atoms with Crippen LogP contribution in [0.5, 0.6) is 0 Å². The third-order valence-corrected chi connectivity index (χ3v) is 5.17. The van der Waals surface area contributed by atoms with E-state index in [1.807, 2.05) is 0 Å². The zero-order chi connectivity index (χ0) is 23.8. The first kappa shape index (κ1) is 24.8. The van der Waals surface area contributed by atoms with Crippen LogP contribution in [0.3, 0.4) is 0 Å². The van der Waals surface area contributed by atoms with E-state index in [0.717, 1.165) is 0 Å². The van der Waals surface area contributed by atoms with Crippen LogP contribution in [0.2, 0.25) is 0 Å². The summed E-state index contributed by atoms with van der Waals surface area (Å²) in [6, 6.07) is -4.20. The zero-order valence-corrected chi connectivity index (χ0v) is 17.6. The standard InChI is InChI=1S/C19H28N6O7/c1-10(19(31)32)23-16(28)13(7-11-8-21-9-22-11)24-17(29)14-3-2-6-25(14)18(30)12(20)4-5-15(26)27/h8-10,12-14H,2-7,20H2,1H3,(H,21,22)(H,23,28)(H,24,29)(H,26,27)(H,31,32). The molecule has 0 radical (unpaired) electrons. The van der Waals surface area contributed by atoms with Crippen molar-refractivity contribution in [1.82, 2.24) is 25.5 Å². The number of carbonyl (C=O) groups excluding carboxylic acids is 3. The van der Waals surface area contributed by atoms with Crippen LogP contribution in [0, 0.1) is 0 Å². The molecule has 0 saturated carbocycles. The summed E-state index contributed by atoms with van der Waals surface area (Å²) in [5.41, 5.74) is 6.36. The highest BCUT2D eigenvalue weighted by Crippen LogP contribution is 2.19. The van der Waals surface area contributed by atoms with E-state index in [-0.39, 0.29) is 25.8 Å². The Bertz CT molecular complexity index is 843. The van der Waals surface area contributed by atoms with Gasteiger partial charge in [0.2, 0.25) is 17.7 Å². The highest BCUT2D eigenvalue weighted by atomic mass is 16.4. The van der Waals surface area contributed by atoms with Gasteiger partial charge in [0.05, 0.1) is 12.4 Å². The van der Waals surface area contributed by atoms with E-state index in [9.17, 15) is 24.0 Å². The third kappa shape index (κ3) is 6.77. The van der Waals surface area contributed by atoms with E-state index < -0.39 is 53.8 Å². The van der Waals surface area contributed by atoms with Gasteiger partial charge in [0, 0.05) is 31.3 Å². The maximum atomic E-state index is 12.9. The lowest BCUT2D eigenvalue weighted by atomic mass is 10.1. The van der Waals surface area contributed by atoms with E-state index in [2.05, 4.69) is 20.6 Å². The number of nitrogens with one attached hydrogen (secondary N) is 3. The lowest BCUT2D eigenvalue weighted by Crippen LogP contribution is -2.57. The Morgan fingerprint density at radius 2 is 2.00 bits per heavy atom. The van der Waals surface area contributed by atoms with Crippen molar-refractivity contribution in [2.45, 2.75) is 63.2 Å². The van der Waals surface area contributed by atoms with Gasteiger partial charge in [0.1, 0.15) is 18.1 Å². The number of nitrogens with zero attached hydrogens (tertiary/aromatic N) is 2. The molecular weight excluding hydrogens is 424 g/mol. The lowest BCUT2D eigenvalue weighted by Gasteiger charge is -2.28. The van der Waals surface area contributed by atoms with Crippen molar-refractivity contribution >= 4 is 29.7 Å². The predicted molar refractivity (Wildman–Crippen MR) is 109 cm³/mol. The molecule has 2 rings (SSSR count). The molecular formula is C19H28N6O7. The van der Waals surface area contributed by atoms with Gasteiger partial charge in [-0.2, -0.15) is 0 Å². The zero-order valence-electron chi connectivity index (χ0n) is 17.6. The molecule has 4 atom stereocenters. The van der Waals surface area contributed by atoms with Crippen molar-refractivity contribution in [1.29, 1.82) is 0 Å². The average molecular weight is 452 g/mol. The number of aromatic amines is 1. The van der Waals surface area contributed by atoms with Gasteiger partial charge in [0.25, 0.3) is 0 Å². The molecule has 2 heterocycles. The molecule has 3 amide bonds. The van der Waals surface area contributed by atoms with Gasteiger partial charge in [0.15, 0.2) is 0 Å². The number of imidazole rings is 1. The van der Waals surface area contributed by atoms with Gasteiger partial charge in [-0.1, -0.05) is 0 Å². The quantitative estimate of drug-likeness (QED) is 0.224. The van der Waals surface area contributed by atoms with E-state index in [4.69, 9.17) is 15.9 Å². The number of likely N-dealkylation sites (tertiary alicyclic amines) is 1. The first-order valence-electron chi connectivity index (χ1n) is 10.2. The Kier molecular flexibility index (Phi) is 8.70. The summed E-state index contributed by atoms with van der Waals surface area (Å²) >= 11 is 0. The van der Waals surface area contributed by atoms with E-state index in [0.29, 0.717) is 18.5 Å². The highest BCUT2D eigenvalue weighted by Gasteiger charge is 2.38. The summed E-state index contributed by atoms with van der Waals surface area (Å²) in [6.07, 6.45) is 3.48. The molecule has 7 N–H and O–H groups in total. The summed E-state index contributed by atoms with van der Waals surface area (Å²) < 4.78 is 0. The molecule has 4 unspecified atom stereocenters. The summed E-state index contributed by atoms with van der Waals surface area (Å²) in [5.74, 6) is -4.11. The number of hydrogen-bond donors (Lipinski definition) is 6. The molecule has 0 aliphatic carbocycles. The van der Waals surface area contributed by atoms with Crippen molar-refractivity contribution < 1.29 is 34.2 Å². The molecule has 1 fully saturated rings. The average Bonchev–Trinajstić information content (AvgIpc) is 3.42. The Morgan fingerprint density at radius 1 is 1.28 bits per heavy atom. The van der Waals surface area contributed by atoms with Crippen molar-refractivity contribution in [2.24, 2.45) is 5.73 Å². The van der Waals surface area contributed by atoms with Gasteiger partial charge in [-0.05, 0) is 26.2 Å². The van der Waals surface area contributed by atoms with Crippen molar-refractivity contribution in [3.8, 4) is 0 Å². The number of H-pyrrole nitrogens is 1. The SMILES string of the molecule is CC(NC(=O)C(Cc1cnc[nH]1)NC(=O)C1CCCN1C(=O)C(N)CCC(=O)O)C(=O)O. The summed E-state index contributed by atoms with van der Waals surface area (Å²) in [7, 11) is 0. The number of aliphatic carboxylic acids is 2. The van der Waals surface area contributed by atoms with Gasteiger partial charge in [-0.15, -0.1) is 0 Å². The van der Waals surface area contributed by atoms with Gasteiger partial charge >= 0.3 is 11.9 Å². The van der Waals surface area contributed by atoms with E-state index >= 15 is 0 Å². The molecule has 1 aliphatic rings. The number of aromatic nitrogens is 2. The van der Waals surface area contributed by atoms with Crippen LogP contribution in [-0.2, 0) is 30.4 Å². The second-order valence-electron chi connectivity index (χ2n) is 7.64. The molecule has 32 heavy (non-hydrogen) atoms. The number of carboxylic acids is 2. The fraction of sp³-hybridized carbons (Fsp3) is 0.579. The molecule has 1 saturated heterocycles. The van der Waals surface area contributed by atoms with Gasteiger partial charge < -0.3 is 36.5 Å². The molecule has 1 aliphatic heterocycles. The highest BCUT2D eigenvalue weighted by molar-refractivity contribution is 5.94. The van der Waals surface area contributed by atoms with Crippen LogP contribution < -0.4 is 16.4 Å². The summed E-state index contributed by atoms with van der Waals surface area (Å²) in [4.78, 5) is 68.0. The van der Waals surface area contributed by atoms with Gasteiger partial charge in [-0.3, -0.25) is 24.0 Å². The van der Waals surface area contributed by atoms with Crippen LogP contribution >= 0.6 is 0 Å². The third-order valence-electron chi connectivity index (χ3n) is 5.17. The number of amides is 3. The fourth-order valence-corrected chi connectivity index (χ4v) is 3.39. The van der Waals surface area contributed by atoms with E-state index in [1.165, 1.54) is 24.3 Å². The molecule has 13 heteroatoms. The van der Waals surface area contributed by atoms with Crippen LogP contribution in [0.1, 0.15) is 38.3 Å². The number of carbonyl (C=O) groups is 5. The Morgan fingerprint density at radius 3 is 2.59 bits per heavy atom.